The highest BCUT2D eigenvalue weighted by atomic mass is 16.5. The molecule has 29 heavy (non-hydrogen) atoms. The molecular formula is C23H28N2O4. The molecule has 1 aromatic carbocycles. The lowest BCUT2D eigenvalue weighted by molar-refractivity contribution is -0.134. The molecule has 0 atom stereocenters. The lowest BCUT2D eigenvalue weighted by Gasteiger charge is -2.56. The molecule has 4 fully saturated rings. The van der Waals surface area contributed by atoms with E-state index in [0.717, 1.165) is 28.7 Å². The third kappa shape index (κ3) is 3.61. The van der Waals surface area contributed by atoms with Gasteiger partial charge in [-0.2, -0.15) is 0 Å². The number of ether oxygens (including phenoxy) is 1. The van der Waals surface area contributed by atoms with E-state index in [9.17, 15) is 9.59 Å². The second-order valence-electron chi connectivity index (χ2n) is 9.49. The zero-order chi connectivity index (χ0) is 20.0. The van der Waals surface area contributed by atoms with Crippen LogP contribution in [0.15, 0.2) is 28.9 Å². The molecule has 0 radical (unpaired) electrons. The quantitative estimate of drug-likeness (QED) is 0.755. The molecule has 154 valence electrons. The van der Waals surface area contributed by atoms with Crippen molar-refractivity contribution in [3.05, 3.63) is 30.0 Å². The lowest BCUT2D eigenvalue weighted by atomic mass is 9.49. The minimum absolute atomic E-state index is 0.0675. The molecule has 0 spiro atoms. The normalized spacial score (nSPS) is 29.8. The predicted molar refractivity (Wildman–Crippen MR) is 108 cm³/mol. The average Bonchev–Trinajstić information content (AvgIpc) is 3.07. The van der Waals surface area contributed by atoms with E-state index in [0.29, 0.717) is 17.8 Å². The molecule has 6 heteroatoms. The van der Waals surface area contributed by atoms with E-state index in [1.165, 1.54) is 38.5 Å². The van der Waals surface area contributed by atoms with Crippen LogP contribution in [0, 0.1) is 23.2 Å². The Kier molecular flexibility index (Phi) is 4.52. The molecule has 4 bridgehead atoms. The molecule has 2 aromatic rings. The summed E-state index contributed by atoms with van der Waals surface area (Å²) in [5, 5.41) is 0.876. The summed E-state index contributed by atoms with van der Waals surface area (Å²) >= 11 is 0. The first-order valence-electron chi connectivity index (χ1n) is 10.6. The number of furan rings is 1. The van der Waals surface area contributed by atoms with Gasteiger partial charge in [0.1, 0.15) is 11.3 Å². The number of carbonyl (C=O) groups excluding carboxylic acids is 2. The Labute approximate surface area is 170 Å². The molecule has 4 aliphatic carbocycles. The summed E-state index contributed by atoms with van der Waals surface area (Å²) in [5.41, 5.74) is 6.87. The summed E-state index contributed by atoms with van der Waals surface area (Å²) < 4.78 is 10.7. The number of methoxy groups -OCH3 is 1. The van der Waals surface area contributed by atoms with Gasteiger partial charge in [0.15, 0.2) is 0 Å². The molecule has 6 nitrogen and oxygen atoms in total. The Hall–Kier alpha value is -2.50. The maximum atomic E-state index is 12.6. The first-order valence-corrected chi connectivity index (χ1v) is 10.6. The minimum atomic E-state index is -0.248. The summed E-state index contributed by atoms with van der Waals surface area (Å²) in [6.07, 6.45) is 9.91. The van der Waals surface area contributed by atoms with Crippen molar-refractivity contribution in [3.8, 4) is 5.75 Å². The molecule has 2 N–H and O–H groups in total. The van der Waals surface area contributed by atoms with Crippen molar-refractivity contribution >= 4 is 22.8 Å². The van der Waals surface area contributed by atoms with Crippen LogP contribution in [0.2, 0.25) is 0 Å². The van der Waals surface area contributed by atoms with Crippen molar-refractivity contribution in [1.82, 2.24) is 10.9 Å². The van der Waals surface area contributed by atoms with Crippen LogP contribution >= 0.6 is 0 Å². The zero-order valence-corrected chi connectivity index (χ0v) is 16.8. The molecule has 2 amide bonds. The number of hydrazine groups is 1. The second kappa shape index (κ2) is 7.08. The van der Waals surface area contributed by atoms with Gasteiger partial charge in [0.2, 0.25) is 11.8 Å². The smallest absolute Gasteiger partial charge is 0.242 e. The second-order valence-corrected chi connectivity index (χ2v) is 9.49. The summed E-state index contributed by atoms with van der Waals surface area (Å²) in [4.78, 5) is 24.9. The van der Waals surface area contributed by atoms with Crippen molar-refractivity contribution < 1.29 is 18.7 Å². The van der Waals surface area contributed by atoms with Crippen LogP contribution in [-0.4, -0.2) is 18.9 Å². The van der Waals surface area contributed by atoms with Crippen LogP contribution in [-0.2, 0) is 16.0 Å². The summed E-state index contributed by atoms with van der Waals surface area (Å²) in [6, 6.07) is 5.52. The number of hydrogen-bond donors (Lipinski definition) is 2. The van der Waals surface area contributed by atoms with Gasteiger partial charge in [-0.3, -0.25) is 20.4 Å². The summed E-state index contributed by atoms with van der Waals surface area (Å²) in [5.74, 6) is 2.84. The number of hydrogen-bond acceptors (Lipinski definition) is 4. The lowest BCUT2D eigenvalue weighted by Crippen LogP contribution is -2.50. The maximum absolute atomic E-state index is 12.6. The number of amides is 2. The van der Waals surface area contributed by atoms with E-state index >= 15 is 0 Å². The van der Waals surface area contributed by atoms with Gasteiger partial charge in [-0.25, -0.2) is 0 Å². The molecular weight excluding hydrogens is 368 g/mol. The van der Waals surface area contributed by atoms with E-state index in [2.05, 4.69) is 10.9 Å². The van der Waals surface area contributed by atoms with Crippen LogP contribution in [0.1, 0.15) is 50.5 Å². The third-order valence-electron chi connectivity index (χ3n) is 7.26. The summed E-state index contributed by atoms with van der Waals surface area (Å²) in [7, 11) is 1.60. The van der Waals surface area contributed by atoms with Crippen molar-refractivity contribution in [2.24, 2.45) is 23.2 Å². The van der Waals surface area contributed by atoms with Gasteiger partial charge in [-0.1, -0.05) is 0 Å². The van der Waals surface area contributed by atoms with E-state index in [1.54, 1.807) is 19.4 Å². The van der Waals surface area contributed by atoms with Crippen molar-refractivity contribution in [1.29, 1.82) is 0 Å². The monoisotopic (exact) mass is 396 g/mol. The summed E-state index contributed by atoms with van der Waals surface area (Å²) in [6.45, 7) is 0. The van der Waals surface area contributed by atoms with Gasteiger partial charge >= 0.3 is 0 Å². The first-order chi connectivity index (χ1) is 14.0. The first kappa shape index (κ1) is 18.5. The molecule has 0 aliphatic heterocycles. The Balaban J connectivity index is 1.16. The third-order valence-corrected chi connectivity index (χ3v) is 7.26. The van der Waals surface area contributed by atoms with Gasteiger partial charge in [-0.05, 0) is 73.8 Å². The van der Waals surface area contributed by atoms with Crippen LogP contribution < -0.4 is 15.6 Å². The van der Waals surface area contributed by atoms with E-state index in [-0.39, 0.29) is 23.7 Å². The fourth-order valence-corrected chi connectivity index (χ4v) is 6.58. The van der Waals surface area contributed by atoms with Crippen LogP contribution in [0.3, 0.4) is 0 Å². The Morgan fingerprint density at radius 1 is 1.07 bits per heavy atom. The standard InChI is InChI=1S/C23H28N2O4/c1-28-18-2-3-19-17(13-29-20(19)8-18)7-21(26)24-25-22(27)12-23-9-14-4-15(10-23)6-16(5-14)11-23/h2-3,8,13-16H,4-7,9-12H2,1H3,(H,24,26)(H,25,27). The molecule has 0 saturated heterocycles. The number of carbonyl (C=O) groups is 2. The van der Waals surface area contributed by atoms with Crippen LogP contribution in [0.4, 0.5) is 0 Å². The molecule has 4 aliphatic rings. The molecule has 1 aromatic heterocycles. The van der Waals surface area contributed by atoms with Gasteiger partial charge < -0.3 is 9.15 Å². The van der Waals surface area contributed by atoms with Crippen LogP contribution in [0.5, 0.6) is 5.75 Å². The highest BCUT2D eigenvalue weighted by molar-refractivity contribution is 5.89. The fourth-order valence-electron chi connectivity index (χ4n) is 6.58. The predicted octanol–water partition coefficient (Wildman–Crippen LogP) is 3.74. The maximum Gasteiger partial charge on any atom is 0.242 e. The van der Waals surface area contributed by atoms with E-state index in [1.807, 2.05) is 12.1 Å². The van der Waals surface area contributed by atoms with Crippen molar-refractivity contribution in [3.63, 3.8) is 0 Å². The molecule has 6 rings (SSSR count). The Morgan fingerprint density at radius 3 is 2.38 bits per heavy atom. The molecule has 4 saturated carbocycles. The van der Waals surface area contributed by atoms with Crippen LogP contribution in [0.25, 0.3) is 11.0 Å². The number of benzene rings is 1. The highest BCUT2D eigenvalue weighted by Gasteiger charge is 2.51. The SMILES string of the molecule is COc1ccc2c(CC(=O)NNC(=O)CC34CC5CC(CC(C5)C3)C4)coc2c1. The minimum Gasteiger partial charge on any atom is -0.497 e. The van der Waals surface area contributed by atoms with E-state index < -0.39 is 0 Å². The van der Waals surface area contributed by atoms with Gasteiger partial charge in [0.25, 0.3) is 0 Å². The fraction of sp³-hybridized carbons (Fsp3) is 0.565. The average molecular weight is 396 g/mol. The molecule has 1 heterocycles. The topological polar surface area (TPSA) is 80.6 Å². The highest BCUT2D eigenvalue weighted by Crippen LogP contribution is 2.61. The number of nitrogens with one attached hydrogen (secondary N) is 2. The van der Waals surface area contributed by atoms with Gasteiger partial charge in [0.05, 0.1) is 19.8 Å². The van der Waals surface area contributed by atoms with Gasteiger partial charge in [0, 0.05) is 23.4 Å². The largest absolute Gasteiger partial charge is 0.497 e. The van der Waals surface area contributed by atoms with Crippen molar-refractivity contribution in [2.45, 2.75) is 51.4 Å². The Bertz CT molecular complexity index is 912. The zero-order valence-electron chi connectivity index (χ0n) is 16.8. The molecule has 0 unspecified atom stereocenters. The Morgan fingerprint density at radius 2 is 1.72 bits per heavy atom. The van der Waals surface area contributed by atoms with Gasteiger partial charge in [-0.15, -0.1) is 0 Å². The van der Waals surface area contributed by atoms with Crippen molar-refractivity contribution in [2.75, 3.05) is 7.11 Å². The number of fused-ring (bicyclic) bond motifs is 1. The number of rotatable bonds is 5. The van der Waals surface area contributed by atoms with E-state index in [4.69, 9.17) is 9.15 Å².